The van der Waals surface area contributed by atoms with Crippen molar-refractivity contribution in [3.63, 3.8) is 0 Å². The number of hydrogen-bond acceptors (Lipinski definition) is 1. The summed E-state index contributed by atoms with van der Waals surface area (Å²) in [5, 5.41) is 3.81. The monoisotopic (exact) mass is 265 g/mol. The van der Waals surface area contributed by atoms with Crippen molar-refractivity contribution in [2.75, 3.05) is 0 Å². The summed E-state index contributed by atoms with van der Waals surface area (Å²) in [6.07, 6.45) is 1.17. The number of nitrogens with one attached hydrogen (secondary N) is 1. The highest BCUT2D eigenvalue weighted by Crippen LogP contribution is 2.43. The summed E-state index contributed by atoms with van der Waals surface area (Å²) in [5.41, 5.74) is 4.31. The molecule has 1 nitrogen and oxygen atoms in total. The molecule has 0 saturated carbocycles. The SMILES string of the molecule is Cc1ccc(C2CC(c3ccccc3)C(C)(C)N2)cc1. The molecule has 0 radical (unpaired) electrons. The van der Waals surface area contributed by atoms with E-state index in [1.807, 2.05) is 0 Å². The Hall–Kier alpha value is -1.60. The zero-order valence-electron chi connectivity index (χ0n) is 12.6. The van der Waals surface area contributed by atoms with Crippen LogP contribution in [0.3, 0.4) is 0 Å². The van der Waals surface area contributed by atoms with Crippen LogP contribution in [0.15, 0.2) is 54.6 Å². The predicted molar refractivity (Wildman–Crippen MR) is 84.9 cm³/mol. The molecule has 20 heavy (non-hydrogen) atoms. The normalized spacial score (nSPS) is 24.8. The van der Waals surface area contributed by atoms with Crippen LogP contribution in [0.25, 0.3) is 0 Å². The van der Waals surface area contributed by atoms with E-state index in [1.165, 1.54) is 23.1 Å². The van der Waals surface area contributed by atoms with Crippen LogP contribution in [0.4, 0.5) is 0 Å². The van der Waals surface area contributed by atoms with Crippen molar-refractivity contribution in [1.29, 1.82) is 0 Å². The van der Waals surface area contributed by atoms with E-state index < -0.39 is 0 Å². The lowest BCUT2D eigenvalue weighted by Gasteiger charge is -2.27. The Kier molecular flexibility index (Phi) is 3.39. The molecule has 1 aliphatic rings. The first kappa shape index (κ1) is 13.4. The molecule has 0 spiro atoms. The molecule has 0 aliphatic carbocycles. The molecule has 1 N–H and O–H groups in total. The predicted octanol–water partition coefficient (Wildman–Crippen LogP) is 4.59. The summed E-state index contributed by atoms with van der Waals surface area (Å²) < 4.78 is 0. The topological polar surface area (TPSA) is 12.0 Å². The maximum atomic E-state index is 3.81. The fraction of sp³-hybridized carbons (Fsp3) is 0.368. The van der Waals surface area contributed by atoms with E-state index in [1.54, 1.807) is 0 Å². The molecule has 1 heterocycles. The summed E-state index contributed by atoms with van der Waals surface area (Å²) in [6, 6.07) is 20.3. The highest BCUT2D eigenvalue weighted by molar-refractivity contribution is 5.31. The minimum Gasteiger partial charge on any atom is -0.304 e. The van der Waals surface area contributed by atoms with Gasteiger partial charge in [0, 0.05) is 17.5 Å². The molecule has 1 saturated heterocycles. The van der Waals surface area contributed by atoms with Gasteiger partial charge in [-0.3, -0.25) is 0 Å². The summed E-state index contributed by atoms with van der Waals surface area (Å²) in [7, 11) is 0. The van der Waals surface area contributed by atoms with Gasteiger partial charge in [-0.1, -0.05) is 60.2 Å². The Morgan fingerprint density at radius 2 is 1.55 bits per heavy atom. The maximum Gasteiger partial charge on any atom is 0.0331 e. The quantitative estimate of drug-likeness (QED) is 0.837. The Bertz CT molecular complexity index is 568. The zero-order valence-corrected chi connectivity index (χ0v) is 12.6. The van der Waals surface area contributed by atoms with Crippen molar-refractivity contribution < 1.29 is 0 Å². The summed E-state index contributed by atoms with van der Waals surface area (Å²) in [5.74, 6) is 0.565. The van der Waals surface area contributed by atoms with Crippen LogP contribution >= 0.6 is 0 Å². The van der Waals surface area contributed by atoms with Gasteiger partial charge in [-0.15, -0.1) is 0 Å². The Morgan fingerprint density at radius 1 is 0.900 bits per heavy atom. The largest absolute Gasteiger partial charge is 0.304 e. The Balaban J connectivity index is 1.87. The van der Waals surface area contributed by atoms with Crippen molar-refractivity contribution in [3.05, 3.63) is 71.3 Å². The van der Waals surface area contributed by atoms with E-state index in [-0.39, 0.29) is 5.54 Å². The van der Waals surface area contributed by atoms with E-state index in [2.05, 4.69) is 80.7 Å². The smallest absolute Gasteiger partial charge is 0.0331 e. The first-order valence-corrected chi connectivity index (χ1v) is 7.45. The molecule has 104 valence electrons. The van der Waals surface area contributed by atoms with Gasteiger partial charge in [0.25, 0.3) is 0 Å². The van der Waals surface area contributed by atoms with Gasteiger partial charge in [0.15, 0.2) is 0 Å². The standard InChI is InChI=1S/C19H23N/c1-14-9-11-16(12-10-14)18-13-17(19(2,3)20-18)15-7-5-4-6-8-15/h4-12,17-18,20H,13H2,1-3H3. The Labute approximate surface area is 122 Å². The average molecular weight is 265 g/mol. The highest BCUT2D eigenvalue weighted by atomic mass is 15.0. The second-order valence-electron chi connectivity index (χ2n) is 6.53. The molecular weight excluding hydrogens is 242 g/mol. The molecule has 3 rings (SSSR count). The molecule has 0 bridgehead atoms. The minimum atomic E-state index is 0.136. The third-order valence-corrected chi connectivity index (χ3v) is 4.57. The third kappa shape index (κ3) is 2.51. The summed E-state index contributed by atoms with van der Waals surface area (Å²) in [6.45, 7) is 6.78. The van der Waals surface area contributed by atoms with E-state index in [4.69, 9.17) is 0 Å². The van der Waals surface area contributed by atoms with Crippen molar-refractivity contribution in [2.24, 2.45) is 0 Å². The third-order valence-electron chi connectivity index (χ3n) is 4.57. The summed E-state index contributed by atoms with van der Waals surface area (Å²) >= 11 is 0. The van der Waals surface area contributed by atoms with Crippen LogP contribution in [0.1, 0.15) is 48.9 Å². The molecule has 1 fully saturated rings. The second-order valence-corrected chi connectivity index (χ2v) is 6.53. The average Bonchev–Trinajstić information content (AvgIpc) is 2.76. The fourth-order valence-corrected chi connectivity index (χ4v) is 3.40. The lowest BCUT2D eigenvalue weighted by molar-refractivity contribution is 0.397. The van der Waals surface area contributed by atoms with E-state index in [9.17, 15) is 0 Å². The Morgan fingerprint density at radius 3 is 2.20 bits per heavy atom. The van der Waals surface area contributed by atoms with E-state index >= 15 is 0 Å². The molecule has 2 aromatic rings. The van der Waals surface area contributed by atoms with Crippen LogP contribution in [0.5, 0.6) is 0 Å². The molecule has 2 unspecified atom stereocenters. The van der Waals surface area contributed by atoms with Gasteiger partial charge in [0.2, 0.25) is 0 Å². The molecule has 1 heteroatoms. The van der Waals surface area contributed by atoms with E-state index in [0.29, 0.717) is 12.0 Å². The van der Waals surface area contributed by atoms with Crippen LogP contribution in [0.2, 0.25) is 0 Å². The van der Waals surface area contributed by atoms with Gasteiger partial charge in [0.1, 0.15) is 0 Å². The maximum absolute atomic E-state index is 3.81. The van der Waals surface area contributed by atoms with Crippen LogP contribution in [0, 0.1) is 6.92 Å². The van der Waals surface area contributed by atoms with Crippen molar-refractivity contribution in [1.82, 2.24) is 5.32 Å². The van der Waals surface area contributed by atoms with Crippen LogP contribution < -0.4 is 5.32 Å². The molecule has 2 atom stereocenters. The number of rotatable bonds is 2. The highest BCUT2D eigenvalue weighted by Gasteiger charge is 2.40. The van der Waals surface area contributed by atoms with Crippen LogP contribution in [-0.2, 0) is 0 Å². The van der Waals surface area contributed by atoms with Crippen molar-refractivity contribution in [3.8, 4) is 0 Å². The molecule has 1 aliphatic heterocycles. The zero-order chi connectivity index (χ0) is 14.2. The van der Waals surface area contributed by atoms with Gasteiger partial charge in [-0.25, -0.2) is 0 Å². The van der Waals surface area contributed by atoms with Gasteiger partial charge in [-0.2, -0.15) is 0 Å². The van der Waals surface area contributed by atoms with Gasteiger partial charge >= 0.3 is 0 Å². The van der Waals surface area contributed by atoms with Crippen LogP contribution in [-0.4, -0.2) is 5.54 Å². The number of aryl methyl sites for hydroxylation is 1. The van der Waals surface area contributed by atoms with Crippen molar-refractivity contribution >= 4 is 0 Å². The fourth-order valence-electron chi connectivity index (χ4n) is 3.40. The lowest BCUT2D eigenvalue weighted by Crippen LogP contribution is -2.37. The second kappa shape index (κ2) is 5.06. The van der Waals surface area contributed by atoms with Gasteiger partial charge in [-0.05, 0) is 38.3 Å². The molecule has 0 amide bonds. The lowest BCUT2D eigenvalue weighted by atomic mass is 9.82. The molecule has 0 aromatic heterocycles. The first-order chi connectivity index (χ1) is 9.56. The van der Waals surface area contributed by atoms with Crippen molar-refractivity contribution in [2.45, 2.75) is 44.7 Å². The first-order valence-electron chi connectivity index (χ1n) is 7.45. The van der Waals surface area contributed by atoms with Gasteiger partial charge < -0.3 is 5.32 Å². The van der Waals surface area contributed by atoms with E-state index in [0.717, 1.165) is 0 Å². The summed E-state index contributed by atoms with van der Waals surface area (Å²) in [4.78, 5) is 0. The number of benzene rings is 2. The molecular formula is C19H23N. The minimum absolute atomic E-state index is 0.136. The van der Waals surface area contributed by atoms with Gasteiger partial charge in [0.05, 0.1) is 0 Å². The number of hydrogen-bond donors (Lipinski definition) is 1. The molecule has 2 aromatic carbocycles.